The first-order valence-electron chi connectivity index (χ1n) is 7.75. The molecule has 1 N–H and O–H groups in total. The highest BCUT2D eigenvalue weighted by Gasteiger charge is 2.19. The Kier molecular flexibility index (Phi) is 4.41. The molecule has 2 aromatic rings. The van der Waals surface area contributed by atoms with Crippen LogP contribution in [0.15, 0.2) is 24.4 Å². The highest BCUT2D eigenvalue weighted by atomic mass is 16.5. The first-order valence-corrected chi connectivity index (χ1v) is 7.75. The van der Waals surface area contributed by atoms with Gasteiger partial charge in [0.05, 0.1) is 18.9 Å². The summed E-state index contributed by atoms with van der Waals surface area (Å²) < 4.78 is 7.65. The van der Waals surface area contributed by atoms with Gasteiger partial charge in [0.25, 0.3) is 0 Å². The number of nitrogens with zero attached hydrogens (tertiary/aromatic N) is 3. The van der Waals surface area contributed by atoms with Gasteiger partial charge in [-0.05, 0) is 24.6 Å². The fourth-order valence-electron chi connectivity index (χ4n) is 2.71. The molecular formula is C16H24N4O. The minimum atomic E-state index is 0.649. The lowest BCUT2D eigenvalue weighted by Crippen LogP contribution is -2.37. The van der Waals surface area contributed by atoms with Crippen molar-refractivity contribution in [1.29, 1.82) is 0 Å². The summed E-state index contributed by atoms with van der Waals surface area (Å²) in [5, 5.41) is 3.54. The second-order valence-corrected chi connectivity index (χ2v) is 5.94. The van der Waals surface area contributed by atoms with Gasteiger partial charge in [0.2, 0.25) is 0 Å². The van der Waals surface area contributed by atoms with Crippen molar-refractivity contribution in [3.63, 3.8) is 0 Å². The SMILES string of the molecule is CC(C)CNCc1c(N2CCOCC2)nc2ccccn12. The zero-order valence-corrected chi connectivity index (χ0v) is 12.9. The maximum absolute atomic E-state index is 5.46. The maximum Gasteiger partial charge on any atom is 0.152 e. The van der Waals surface area contributed by atoms with E-state index in [0.717, 1.165) is 50.9 Å². The van der Waals surface area contributed by atoms with Crippen molar-refractivity contribution < 1.29 is 4.74 Å². The lowest BCUT2D eigenvalue weighted by atomic mass is 10.2. The number of ether oxygens (including phenoxy) is 1. The molecule has 114 valence electrons. The minimum Gasteiger partial charge on any atom is -0.378 e. The predicted molar refractivity (Wildman–Crippen MR) is 84.8 cm³/mol. The highest BCUT2D eigenvalue weighted by molar-refractivity contribution is 5.56. The normalized spacial score (nSPS) is 16.0. The fraction of sp³-hybridized carbons (Fsp3) is 0.562. The number of anilines is 1. The molecule has 3 heterocycles. The quantitative estimate of drug-likeness (QED) is 0.912. The van der Waals surface area contributed by atoms with Gasteiger partial charge in [-0.15, -0.1) is 0 Å². The zero-order valence-electron chi connectivity index (χ0n) is 12.9. The molecule has 2 aromatic heterocycles. The lowest BCUT2D eigenvalue weighted by Gasteiger charge is -2.27. The molecular weight excluding hydrogens is 264 g/mol. The molecule has 0 aromatic carbocycles. The summed E-state index contributed by atoms with van der Waals surface area (Å²) >= 11 is 0. The Morgan fingerprint density at radius 1 is 1.29 bits per heavy atom. The van der Waals surface area contributed by atoms with E-state index in [2.05, 4.69) is 46.8 Å². The number of aromatic nitrogens is 2. The Morgan fingerprint density at radius 3 is 2.86 bits per heavy atom. The van der Waals surface area contributed by atoms with Crippen molar-refractivity contribution in [1.82, 2.24) is 14.7 Å². The van der Waals surface area contributed by atoms with Crippen LogP contribution in [0.3, 0.4) is 0 Å². The van der Waals surface area contributed by atoms with Crippen LogP contribution in [-0.2, 0) is 11.3 Å². The van der Waals surface area contributed by atoms with Crippen LogP contribution in [0.1, 0.15) is 19.5 Å². The van der Waals surface area contributed by atoms with Crippen molar-refractivity contribution >= 4 is 11.5 Å². The topological polar surface area (TPSA) is 41.8 Å². The Bertz CT molecular complexity index is 587. The maximum atomic E-state index is 5.46. The number of nitrogens with one attached hydrogen (secondary N) is 1. The summed E-state index contributed by atoms with van der Waals surface area (Å²) in [5.74, 6) is 1.75. The number of pyridine rings is 1. The van der Waals surface area contributed by atoms with Crippen LogP contribution in [0.5, 0.6) is 0 Å². The van der Waals surface area contributed by atoms with Gasteiger partial charge in [-0.3, -0.25) is 0 Å². The molecule has 0 spiro atoms. The molecule has 0 aliphatic carbocycles. The van der Waals surface area contributed by atoms with Gasteiger partial charge >= 0.3 is 0 Å². The lowest BCUT2D eigenvalue weighted by molar-refractivity contribution is 0.122. The molecule has 0 atom stereocenters. The summed E-state index contributed by atoms with van der Waals surface area (Å²) in [5.41, 5.74) is 2.26. The Morgan fingerprint density at radius 2 is 2.10 bits per heavy atom. The second-order valence-electron chi connectivity index (χ2n) is 5.94. The molecule has 5 nitrogen and oxygen atoms in total. The first-order chi connectivity index (χ1) is 10.3. The monoisotopic (exact) mass is 288 g/mol. The van der Waals surface area contributed by atoms with Gasteiger partial charge in [-0.1, -0.05) is 19.9 Å². The fourth-order valence-corrected chi connectivity index (χ4v) is 2.71. The van der Waals surface area contributed by atoms with Crippen molar-refractivity contribution in [3.05, 3.63) is 30.1 Å². The highest BCUT2D eigenvalue weighted by Crippen LogP contribution is 2.22. The van der Waals surface area contributed by atoms with E-state index in [1.54, 1.807) is 0 Å². The van der Waals surface area contributed by atoms with Crippen LogP contribution in [0, 0.1) is 5.92 Å². The van der Waals surface area contributed by atoms with Crippen LogP contribution in [0.25, 0.3) is 5.65 Å². The van der Waals surface area contributed by atoms with Crippen LogP contribution < -0.4 is 10.2 Å². The van der Waals surface area contributed by atoms with E-state index < -0.39 is 0 Å². The number of rotatable bonds is 5. The smallest absolute Gasteiger partial charge is 0.152 e. The van der Waals surface area contributed by atoms with Crippen molar-refractivity contribution in [3.8, 4) is 0 Å². The average molecular weight is 288 g/mol. The third kappa shape index (κ3) is 3.19. The minimum absolute atomic E-state index is 0.649. The molecule has 21 heavy (non-hydrogen) atoms. The van der Waals surface area contributed by atoms with E-state index in [1.165, 1.54) is 5.69 Å². The van der Waals surface area contributed by atoms with Gasteiger partial charge in [-0.2, -0.15) is 0 Å². The van der Waals surface area contributed by atoms with Gasteiger partial charge in [0, 0.05) is 25.8 Å². The Labute approximate surface area is 125 Å². The number of imidazole rings is 1. The number of morpholine rings is 1. The molecule has 1 fully saturated rings. The molecule has 0 radical (unpaired) electrons. The van der Waals surface area contributed by atoms with Crippen molar-refractivity contribution in [2.75, 3.05) is 37.7 Å². The van der Waals surface area contributed by atoms with E-state index in [0.29, 0.717) is 5.92 Å². The molecule has 5 heteroatoms. The van der Waals surface area contributed by atoms with E-state index in [4.69, 9.17) is 9.72 Å². The van der Waals surface area contributed by atoms with Gasteiger partial charge in [-0.25, -0.2) is 4.98 Å². The standard InChI is InChI=1S/C16H24N4O/c1-13(2)11-17-12-14-16(19-7-9-21-10-8-19)18-15-5-3-4-6-20(14)15/h3-6,13,17H,7-12H2,1-2H3. The van der Waals surface area contributed by atoms with Gasteiger partial charge in [0.15, 0.2) is 5.82 Å². The number of hydrogen-bond donors (Lipinski definition) is 1. The van der Waals surface area contributed by atoms with Gasteiger partial charge < -0.3 is 19.4 Å². The third-order valence-electron chi connectivity index (χ3n) is 3.76. The summed E-state index contributed by atoms with van der Waals surface area (Å²) in [4.78, 5) is 7.16. The molecule has 1 aliphatic heterocycles. The molecule has 3 rings (SSSR count). The first kappa shape index (κ1) is 14.4. The van der Waals surface area contributed by atoms with Crippen LogP contribution in [0.4, 0.5) is 5.82 Å². The Hall–Kier alpha value is -1.59. The molecule has 0 saturated carbocycles. The van der Waals surface area contributed by atoms with E-state index >= 15 is 0 Å². The third-order valence-corrected chi connectivity index (χ3v) is 3.76. The molecule has 1 aliphatic rings. The summed E-state index contributed by atoms with van der Waals surface area (Å²) in [6.45, 7) is 9.72. The number of fused-ring (bicyclic) bond motifs is 1. The second kappa shape index (κ2) is 6.45. The van der Waals surface area contributed by atoms with Crippen molar-refractivity contribution in [2.45, 2.75) is 20.4 Å². The summed E-state index contributed by atoms with van der Waals surface area (Å²) in [7, 11) is 0. The molecule has 0 amide bonds. The molecule has 1 saturated heterocycles. The molecule has 0 unspecified atom stereocenters. The molecule has 0 bridgehead atoms. The van der Waals surface area contributed by atoms with Gasteiger partial charge in [0.1, 0.15) is 5.65 Å². The van der Waals surface area contributed by atoms with E-state index in [9.17, 15) is 0 Å². The largest absolute Gasteiger partial charge is 0.378 e. The van der Waals surface area contributed by atoms with Crippen LogP contribution >= 0.6 is 0 Å². The summed E-state index contributed by atoms with van der Waals surface area (Å²) in [6, 6.07) is 6.16. The predicted octanol–water partition coefficient (Wildman–Crippen LogP) is 1.92. The zero-order chi connectivity index (χ0) is 14.7. The van der Waals surface area contributed by atoms with E-state index in [1.807, 2.05) is 6.07 Å². The average Bonchev–Trinajstić information content (AvgIpc) is 2.87. The summed E-state index contributed by atoms with van der Waals surface area (Å²) in [6.07, 6.45) is 2.10. The number of hydrogen-bond acceptors (Lipinski definition) is 4. The van der Waals surface area contributed by atoms with Crippen LogP contribution in [0.2, 0.25) is 0 Å². The van der Waals surface area contributed by atoms with Crippen LogP contribution in [-0.4, -0.2) is 42.2 Å². The Balaban J connectivity index is 1.89. The van der Waals surface area contributed by atoms with E-state index in [-0.39, 0.29) is 0 Å². The van der Waals surface area contributed by atoms with Crippen molar-refractivity contribution in [2.24, 2.45) is 5.92 Å².